The van der Waals surface area contributed by atoms with Crippen molar-refractivity contribution in [3.05, 3.63) is 30.0 Å². The van der Waals surface area contributed by atoms with Gasteiger partial charge >= 0.3 is 0 Å². The van der Waals surface area contributed by atoms with E-state index in [2.05, 4.69) is 5.10 Å². The van der Waals surface area contributed by atoms with Crippen molar-refractivity contribution < 1.29 is 4.74 Å². The standard InChI is InChI=1S/C12H15N3O/c1-8-4-5-9(6-11(8)16-3)10-7-14-15(2)12(10)13/h4-7H,13H2,1-3H3. The second-order valence-corrected chi connectivity index (χ2v) is 3.75. The molecule has 0 saturated heterocycles. The molecule has 0 radical (unpaired) electrons. The number of methoxy groups -OCH3 is 1. The van der Waals surface area contributed by atoms with Gasteiger partial charge in [-0.1, -0.05) is 12.1 Å². The number of rotatable bonds is 2. The molecule has 2 aromatic rings. The summed E-state index contributed by atoms with van der Waals surface area (Å²) in [6.45, 7) is 2.01. The third-order valence-electron chi connectivity index (χ3n) is 2.70. The van der Waals surface area contributed by atoms with Crippen LogP contribution in [0.25, 0.3) is 11.1 Å². The van der Waals surface area contributed by atoms with Crippen LogP contribution in [0.4, 0.5) is 5.82 Å². The highest BCUT2D eigenvalue weighted by Crippen LogP contribution is 2.29. The van der Waals surface area contributed by atoms with E-state index in [0.29, 0.717) is 5.82 Å². The Morgan fingerprint density at radius 1 is 1.38 bits per heavy atom. The van der Waals surface area contributed by atoms with E-state index in [-0.39, 0.29) is 0 Å². The van der Waals surface area contributed by atoms with Gasteiger partial charge in [0.25, 0.3) is 0 Å². The smallest absolute Gasteiger partial charge is 0.129 e. The van der Waals surface area contributed by atoms with E-state index in [4.69, 9.17) is 10.5 Å². The topological polar surface area (TPSA) is 53.1 Å². The molecule has 1 aromatic heterocycles. The molecule has 0 aliphatic carbocycles. The van der Waals surface area contributed by atoms with Crippen LogP contribution in [0.1, 0.15) is 5.56 Å². The molecular formula is C12H15N3O. The Bertz CT molecular complexity index is 517. The lowest BCUT2D eigenvalue weighted by atomic mass is 10.1. The van der Waals surface area contributed by atoms with Gasteiger partial charge in [-0.25, -0.2) is 0 Å². The summed E-state index contributed by atoms with van der Waals surface area (Å²) in [6.07, 6.45) is 1.76. The van der Waals surface area contributed by atoms with Crippen LogP contribution in [0.3, 0.4) is 0 Å². The molecule has 0 bridgehead atoms. The van der Waals surface area contributed by atoms with Crippen LogP contribution >= 0.6 is 0 Å². The third-order valence-corrected chi connectivity index (χ3v) is 2.70. The minimum absolute atomic E-state index is 0.658. The second-order valence-electron chi connectivity index (χ2n) is 3.75. The fourth-order valence-electron chi connectivity index (χ4n) is 1.66. The largest absolute Gasteiger partial charge is 0.496 e. The van der Waals surface area contributed by atoms with Gasteiger partial charge in [-0.05, 0) is 24.1 Å². The van der Waals surface area contributed by atoms with Gasteiger partial charge in [0, 0.05) is 12.6 Å². The van der Waals surface area contributed by atoms with Gasteiger partial charge in [-0.15, -0.1) is 0 Å². The van der Waals surface area contributed by atoms with Crippen LogP contribution in [-0.4, -0.2) is 16.9 Å². The molecule has 2 N–H and O–H groups in total. The summed E-state index contributed by atoms with van der Waals surface area (Å²) in [5.74, 6) is 1.52. The van der Waals surface area contributed by atoms with E-state index < -0.39 is 0 Å². The van der Waals surface area contributed by atoms with Crippen molar-refractivity contribution in [1.29, 1.82) is 0 Å². The molecule has 0 spiro atoms. The van der Waals surface area contributed by atoms with E-state index in [9.17, 15) is 0 Å². The highest BCUT2D eigenvalue weighted by atomic mass is 16.5. The summed E-state index contributed by atoms with van der Waals surface area (Å²) < 4.78 is 6.94. The Morgan fingerprint density at radius 2 is 2.12 bits per heavy atom. The highest BCUT2D eigenvalue weighted by Gasteiger charge is 2.09. The number of ether oxygens (including phenoxy) is 1. The number of aryl methyl sites for hydroxylation is 2. The molecule has 16 heavy (non-hydrogen) atoms. The zero-order valence-corrected chi connectivity index (χ0v) is 9.69. The summed E-state index contributed by atoms with van der Waals surface area (Å²) in [7, 11) is 3.49. The fraction of sp³-hybridized carbons (Fsp3) is 0.250. The molecule has 1 heterocycles. The number of aromatic nitrogens is 2. The molecule has 0 aliphatic rings. The van der Waals surface area contributed by atoms with Gasteiger partial charge < -0.3 is 10.5 Å². The van der Waals surface area contributed by atoms with Crippen LogP contribution in [0.5, 0.6) is 5.75 Å². The van der Waals surface area contributed by atoms with Gasteiger partial charge in [0.2, 0.25) is 0 Å². The number of hydrogen-bond donors (Lipinski definition) is 1. The summed E-state index contributed by atoms with van der Waals surface area (Å²) in [6, 6.07) is 6.01. The molecule has 0 fully saturated rings. The SMILES string of the molecule is COc1cc(-c2cnn(C)c2N)ccc1C. The first-order chi connectivity index (χ1) is 7.63. The number of nitrogens with two attached hydrogens (primary N) is 1. The Balaban J connectivity index is 2.52. The molecule has 1 aromatic carbocycles. The lowest BCUT2D eigenvalue weighted by Crippen LogP contribution is -1.98. The van der Waals surface area contributed by atoms with E-state index in [1.807, 2.05) is 32.2 Å². The highest BCUT2D eigenvalue weighted by molar-refractivity contribution is 5.74. The zero-order valence-electron chi connectivity index (χ0n) is 9.69. The van der Waals surface area contributed by atoms with Crippen molar-refractivity contribution in [3.63, 3.8) is 0 Å². The maximum atomic E-state index is 5.92. The molecular weight excluding hydrogens is 202 g/mol. The van der Waals surface area contributed by atoms with E-state index in [1.54, 1.807) is 18.0 Å². The maximum Gasteiger partial charge on any atom is 0.129 e. The first-order valence-corrected chi connectivity index (χ1v) is 5.06. The Hall–Kier alpha value is -1.97. The van der Waals surface area contributed by atoms with Gasteiger partial charge in [-0.2, -0.15) is 5.10 Å². The van der Waals surface area contributed by atoms with E-state index in [0.717, 1.165) is 22.4 Å². The minimum atomic E-state index is 0.658. The van der Waals surface area contributed by atoms with Crippen LogP contribution in [0.2, 0.25) is 0 Å². The molecule has 4 heteroatoms. The van der Waals surface area contributed by atoms with Gasteiger partial charge in [0.1, 0.15) is 11.6 Å². The summed E-state index contributed by atoms with van der Waals surface area (Å²) in [5.41, 5.74) is 8.98. The van der Waals surface area contributed by atoms with Crippen molar-refractivity contribution in [3.8, 4) is 16.9 Å². The van der Waals surface area contributed by atoms with Crippen molar-refractivity contribution >= 4 is 5.82 Å². The predicted octanol–water partition coefficient (Wildman–Crippen LogP) is 1.99. The second kappa shape index (κ2) is 3.89. The predicted molar refractivity (Wildman–Crippen MR) is 64.3 cm³/mol. The third kappa shape index (κ3) is 1.62. The van der Waals surface area contributed by atoms with Crippen molar-refractivity contribution in [2.45, 2.75) is 6.92 Å². The van der Waals surface area contributed by atoms with Crippen LogP contribution in [0.15, 0.2) is 24.4 Å². The number of hydrogen-bond acceptors (Lipinski definition) is 3. The van der Waals surface area contributed by atoms with Crippen molar-refractivity contribution in [1.82, 2.24) is 9.78 Å². The van der Waals surface area contributed by atoms with Crippen molar-refractivity contribution in [2.24, 2.45) is 7.05 Å². The average Bonchev–Trinajstić information content (AvgIpc) is 2.61. The van der Waals surface area contributed by atoms with E-state index >= 15 is 0 Å². The lowest BCUT2D eigenvalue weighted by Gasteiger charge is -2.07. The van der Waals surface area contributed by atoms with Crippen LogP contribution in [0, 0.1) is 6.92 Å². The normalized spacial score (nSPS) is 10.4. The molecule has 84 valence electrons. The van der Waals surface area contributed by atoms with Gasteiger partial charge in [0.15, 0.2) is 0 Å². The quantitative estimate of drug-likeness (QED) is 0.836. The molecule has 2 rings (SSSR count). The number of benzene rings is 1. The van der Waals surface area contributed by atoms with Crippen LogP contribution < -0.4 is 10.5 Å². The maximum absolute atomic E-state index is 5.92. The fourth-order valence-corrected chi connectivity index (χ4v) is 1.66. The summed E-state index contributed by atoms with van der Waals surface area (Å²) in [4.78, 5) is 0. The first-order valence-electron chi connectivity index (χ1n) is 5.06. The molecule has 0 amide bonds. The van der Waals surface area contributed by atoms with Crippen molar-refractivity contribution in [2.75, 3.05) is 12.8 Å². The Labute approximate surface area is 94.6 Å². The zero-order chi connectivity index (χ0) is 11.7. The first kappa shape index (κ1) is 10.5. The van der Waals surface area contributed by atoms with E-state index in [1.165, 1.54) is 0 Å². The molecule has 0 saturated carbocycles. The minimum Gasteiger partial charge on any atom is -0.496 e. The molecule has 0 aliphatic heterocycles. The molecule has 0 unspecified atom stereocenters. The van der Waals surface area contributed by atoms with Gasteiger partial charge in [0.05, 0.1) is 13.3 Å². The Kier molecular flexibility index (Phi) is 2.56. The summed E-state index contributed by atoms with van der Waals surface area (Å²) >= 11 is 0. The summed E-state index contributed by atoms with van der Waals surface area (Å²) in [5, 5.41) is 4.12. The Morgan fingerprint density at radius 3 is 2.69 bits per heavy atom. The number of nitrogen functional groups attached to an aromatic ring is 1. The number of anilines is 1. The monoisotopic (exact) mass is 217 g/mol. The number of nitrogens with zero attached hydrogens (tertiary/aromatic N) is 2. The van der Waals surface area contributed by atoms with Crippen LogP contribution in [-0.2, 0) is 7.05 Å². The molecule has 4 nitrogen and oxygen atoms in total. The van der Waals surface area contributed by atoms with Gasteiger partial charge in [-0.3, -0.25) is 4.68 Å². The average molecular weight is 217 g/mol. The lowest BCUT2D eigenvalue weighted by molar-refractivity contribution is 0.412. The molecule has 0 atom stereocenters.